The molecule has 2 N–H and O–H groups in total. The number of pyridine rings is 2. The van der Waals surface area contributed by atoms with Gasteiger partial charge in [0.25, 0.3) is 0 Å². The minimum absolute atomic E-state index is 0.0643. The normalized spacial score (nSPS) is 22.9. The van der Waals surface area contributed by atoms with E-state index in [0.29, 0.717) is 18.9 Å². The van der Waals surface area contributed by atoms with Gasteiger partial charge < -0.3 is 20.1 Å². The summed E-state index contributed by atoms with van der Waals surface area (Å²) in [4.78, 5) is 11.9. The maximum Gasteiger partial charge on any atom is 0.150 e. The van der Waals surface area contributed by atoms with Gasteiger partial charge in [0.15, 0.2) is 6.23 Å². The van der Waals surface area contributed by atoms with Gasteiger partial charge in [-0.05, 0) is 38.3 Å². The largest absolute Gasteiger partial charge is 0.398 e. The first-order chi connectivity index (χ1) is 14.2. The third-order valence-corrected chi connectivity index (χ3v) is 5.75. The lowest BCUT2D eigenvalue weighted by Crippen LogP contribution is -2.44. The Morgan fingerprint density at radius 1 is 1.17 bits per heavy atom. The molecule has 8 heteroatoms. The molecule has 0 aliphatic carbocycles. The molecule has 2 unspecified atom stereocenters. The van der Waals surface area contributed by atoms with Crippen molar-refractivity contribution in [2.75, 3.05) is 37.0 Å². The molecule has 0 aromatic carbocycles. The smallest absolute Gasteiger partial charge is 0.150 e. The molecule has 2 atom stereocenters. The number of aromatic nitrogens is 4. The summed E-state index contributed by atoms with van der Waals surface area (Å²) in [6.07, 6.45) is 6.70. The van der Waals surface area contributed by atoms with Crippen LogP contribution in [-0.2, 0) is 9.47 Å². The molecule has 5 rings (SSSR count). The molecule has 0 saturated carbocycles. The second kappa shape index (κ2) is 7.61. The van der Waals surface area contributed by atoms with Crippen molar-refractivity contribution in [3.8, 4) is 11.4 Å². The van der Waals surface area contributed by atoms with E-state index in [-0.39, 0.29) is 12.3 Å². The van der Waals surface area contributed by atoms with E-state index < -0.39 is 0 Å². The van der Waals surface area contributed by atoms with Crippen LogP contribution in [0.25, 0.3) is 22.3 Å². The Hall–Kier alpha value is -2.71. The summed E-state index contributed by atoms with van der Waals surface area (Å²) < 4.78 is 13.5. The van der Waals surface area contributed by atoms with E-state index in [0.717, 1.165) is 60.5 Å². The minimum Gasteiger partial charge on any atom is -0.398 e. The van der Waals surface area contributed by atoms with Gasteiger partial charge in [0.1, 0.15) is 17.0 Å². The average Bonchev–Trinajstić information content (AvgIpc) is 3.24. The Morgan fingerprint density at radius 3 is 2.93 bits per heavy atom. The fourth-order valence-corrected chi connectivity index (χ4v) is 4.21. The van der Waals surface area contributed by atoms with Crippen molar-refractivity contribution in [3.05, 3.63) is 30.6 Å². The Balaban J connectivity index is 1.63. The van der Waals surface area contributed by atoms with E-state index in [9.17, 15) is 0 Å². The molecule has 0 bridgehead atoms. The second-order valence-corrected chi connectivity index (χ2v) is 7.72. The summed E-state index contributed by atoms with van der Waals surface area (Å²) in [5.74, 6) is 0.861. The lowest BCUT2D eigenvalue weighted by Gasteiger charge is -2.34. The summed E-state index contributed by atoms with van der Waals surface area (Å²) in [5.41, 5.74) is 9.62. The van der Waals surface area contributed by atoms with Crippen LogP contribution in [0.5, 0.6) is 0 Å². The molecule has 3 aromatic heterocycles. The molecule has 5 heterocycles. The van der Waals surface area contributed by atoms with Gasteiger partial charge >= 0.3 is 0 Å². The fraction of sp³-hybridized carbons (Fsp3) is 0.476. The van der Waals surface area contributed by atoms with Crippen molar-refractivity contribution >= 4 is 22.4 Å². The molecule has 3 aromatic rings. The van der Waals surface area contributed by atoms with E-state index >= 15 is 0 Å². The van der Waals surface area contributed by atoms with E-state index in [1.807, 2.05) is 22.9 Å². The molecule has 2 aliphatic rings. The molecule has 8 nitrogen and oxygen atoms in total. The molecular weight excluding hydrogens is 368 g/mol. The van der Waals surface area contributed by atoms with Gasteiger partial charge in [0, 0.05) is 42.7 Å². The van der Waals surface area contributed by atoms with Gasteiger partial charge in [0.05, 0.1) is 24.9 Å². The number of ether oxygens (including phenoxy) is 2. The van der Waals surface area contributed by atoms with E-state index in [1.165, 1.54) is 0 Å². The molecular formula is C21H26N6O2. The summed E-state index contributed by atoms with van der Waals surface area (Å²) in [6.45, 7) is 5.07. The quantitative estimate of drug-likeness (QED) is 0.730. The maximum absolute atomic E-state index is 6.44. The van der Waals surface area contributed by atoms with E-state index in [2.05, 4.69) is 21.9 Å². The summed E-state index contributed by atoms with van der Waals surface area (Å²) in [7, 11) is 0. The average molecular weight is 394 g/mol. The van der Waals surface area contributed by atoms with Gasteiger partial charge in [-0.3, -0.25) is 4.98 Å². The molecule has 2 saturated heterocycles. The monoisotopic (exact) mass is 394 g/mol. The number of rotatable bonds is 3. The number of nitrogen functional groups attached to an aromatic ring is 1. The molecule has 2 aliphatic heterocycles. The number of fused-ring (bicyclic) bond motifs is 1. The van der Waals surface area contributed by atoms with Crippen molar-refractivity contribution in [2.24, 2.45) is 0 Å². The third kappa shape index (κ3) is 3.32. The van der Waals surface area contributed by atoms with Crippen LogP contribution in [-0.4, -0.2) is 52.2 Å². The Bertz CT molecular complexity index is 1010. The van der Waals surface area contributed by atoms with Crippen LogP contribution >= 0.6 is 0 Å². The number of hydrogen-bond donors (Lipinski definition) is 1. The number of hydrogen-bond acceptors (Lipinski definition) is 7. The number of nitrogens with two attached hydrogens (primary N) is 1. The van der Waals surface area contributed by atoms with Crippen molar-refractivity contribution in [2.45, 2.75) is 38.5 Å². The van der Waals surface area contributed by atoms with Crippen LogP contribution in [0, 0.1) is 0 Å². The summed E-state index contributed by atoms with van der Waals surface area (Å²) in [6, 6.07) is 6.09. The van der Waals surface area contributed by atoms with E-state index in [1.54, 1.807) is 12.4 Å². The van der Waals surface area contributed by atoms with Crippen LogP contribution in [0.3, 0.4) is 0 Å². The highest BCUT2D eigenvalue weighted by Crippen LogP contribution is 2.34. The predicted octanol–water partition coefficient (Wildman–Crippen LogP) is 3.00. The highest BCUT2D eigenvalue weighted by molar-refractivity contribution is 5.98. The molecule has 0 radical (unpaired) electrons. The SMILES string of the molecule is CC1COCCN1c1cc(N)c2ccnc(-c3ccnn3C3CCCCO3)c2n1. The predicted molar refractivity (Wildman–Crippen MR) is 112 cm³/mol. The maximum atomic E-state index is 6.44. The van der Waals surface area contributed by atoms with Crippen molar-refractivity contribution in [1.29, 1.82) is 0 Å². The van der Waals surface area contributed by atoms with Crippen LogP contribution in [0.2, 0.25) is 0 Å². The highest BCUT2D eigenvalue weighted by Gasteiger charge is 2.24. The Morgan fingerprint density at radius 2 is 2.10 bits per heavy atom. The lowest BCUT2D eigenvalue weighted by molar-refractivity contribution is -0.0383. The topological polar surface area (TPSA) is 91.3 Å². The third-order valence-electron chi connectivity index (χ3n) is 5.75. The molecule has 2 fully saturated rings. The van der Waals surface area contributed by atoms with Crippen LogP contribution in [0.15, 0.2) is 30.6 Å². The molecule has 152 valence electrons. The second-order valence-electron chi connectivity index (χ2n) is 7.72. The van der Waals surface area contributed by atoms with Crippen LogP contribution in [0.4, 0.5) is 11.5 Å². The first-order valence-electron chi connectivity index (χ1n) is 10.3. The lowest BCUT2D eigenvalue weighted by atomic mass is 10.1. The fourth-order valence-electron chi connectivity index (χ4n) is 4.21. The minimum atomic E-state index is -0.0643. The summed E-state index contributed by atoms with van der Waals surface area (Å²) in [5, 5.41) is 5.44. The Labute approximate surface area is 169 Å². The highest BCUT2D eigenvalue weighted by atomic mass is 16.5. The van der Waals surface area contributed by atoms with Gasteiger partial charge in [0.2, 0.25) is 0 Å². The zero-order valence-electron chi connectivity index (χ0n) is 16.6. The molecule has 0 amide bonds. The summed E-state index contributed by atoms with van der Waals surface area (Å²) >= 11 is 0. The van der Waals surface area contributed by atoms with Crippen molar-refractivity contribution < 1.29 is 9.47 Å². The van der Waals surface area contributed by atoms with Gasteiger partial charge in [-0.15, -0.1) is 0 Å². The van der Waals surface area contributed by atoms with Crippen LogP contribution in [0.1, 0.15) is 32.4 Å². The zero-order valence-corrected chi connectivity index (χ0v) is 16.6. The molecule has 29 heavy (non-hydrogen) atoms. The zero-order chi connectivity index (χ0) is 19.8. The van der Waals surface area contributed by atoms with E-state index in [4.69, 9.17) is 20.2 Å². The van der Waals surface area contributed by atoms with Gasteiger partial charge in [-0.1, -0.05) is 0 Å². The van der Waals surface area contributed by atoms with Crippen LogP contribution < -0.4 is 10.6 Å². The number of anilines is 2. The number of morpholine rings is 1. The van der Waals surface area contributed by atoms with Gasteiger partial charge in [-0.2, -0.15) is 5.10 Å². The van der Waals surface area contributed by atoms with Crippen molar-refractivity contribution in [3.63, 3.8) is 0 Å². The van der Waals surface area contributed by atoms with Gasteiger partial charge in [-0.25, -0.2) is 9.67 Å². The standard InChI is InChI=1S/C21H26N6O2/c1-14-13-28-11-9-26(14)18-12-16(22)15-5-7-23-21(20(15)25-18)17-6-8-24-27(17)19-4-2-3-10-29-19/h5-8,12,14,19H,2-4,9-11,13H2,1H3,(H2,22,25). The first-order valence-corrected chi connectivity index (χ1v) is 10.3. The Kier molecular flexibility index (Phi) is 4.81. The van der Waals surface area contributed by atoms with Crippen molar-refractivity contribution in [1.82, 2.24) is 19.7 Å². The number of nitrogens with zero attached hydrogens (tertiary/aromatic N) is 5. The first kappa shape index (κ1) is 18.3. The molecule has 0 spiro atoms.